The van der Waals surface area contributed by atoms with E-state index in [0.29, 0.717) is 4.83 Å². The van der Waals surface area contributed by atoms with Crippen LogP contribution in [0, 0.1) is 6.92 Å². The number of nitrogens with zero attached hydrogens (tertiary/aromatic N) is 4. The summed E-state index contributed by atoms with van der Waals surface area (Å²) in [7, 11) is 2.09. The maximum absolute atomic E-state index is 4.26. The number of aryl methyl sites for hydroxylation is 1. The molecule has 0 aliphatic rings. The van der Waals surface area contributed by atoms with Crippen LogP contribution in [0.25, 0.3) is 5.65 Å². The second kappa shape index (κ2) is 5.04. The fraction of sp³-hybridized carbons (Fsp3) is 0.500. The fourth-order valence-corrected chi connectivity index (χ4v) is 2.00. The lowest BCUT2D eigenvalue weighted by Crippen LogP contribution is -2.23. The molecule has 0 aliphatic heterocycles. The molecule has 2 aromatic heterocycles. The molecular formula is C12H17BrN4. The van der Waals surface area contributed by atoms with Crippen LogP contribution in [0.2, 0.25) is 0 Å². The number of rotatable bonds is 4. The molecule has 1 unspecified atom stereocenters. The number of anilines is 1. The molecule has 2 aromatic rings. The van der Waals surface area contributed by atoms with Gasteiger partial charge in [0.25, 0.3) is 0 Å². The van der Waals surface area contributed by atoms with E-state index in [9.17, 15) is 0 Å². The first-order valence-electron chi connectivity index (χ1n) is 5.73. The molecule has 2 rings (SSSR count). The van der Waals surface area contributed by atoms with Gasteiger partial charge in [0.2, 0.25) is 0 Å². The Kier molecular flexibility index (Phi) is 3.66. The summed E-state index contributed by atoms with van der Waals surface area (Å²) >= 11 is 3.57. The Hall–Kier alpha value is -1.10. The van der Waals surface area contributed by atoms with Gasteiger partial charge >= 0.3 is 0 Å². The van der Waals surface area contributed by atoms with E-state index >= 15 is 0 Å². The Labute approximate surface area is 110 Å². The van der Waals surface area contributed by atoms with E-state index in [1.807, 2.05) is 10.6 Å². The van der Waals surface area contributed by atoms with Gasteiger partial charge in [-0.15, -0.1) is 0 Å². The van der Waals surface area contributed by atoms with Crippen molar-refractivity contribution in [3.8, 4) is 0 Å². The lowest BCUT2D eigenvalue weighted by atomic mass is 10.2. The molecule has 0 N–H and O–H groups in total. The highest BCUT2D eigenvalue weighted by atomic mass is 79.9. The molecule has 5 heteroatoms. The van der Waals surface area contributed by atoms with Crippen LogP contribution < -0.4 is 4.90 Å². The molecule has 4 nitrogen and oxygen atoms in total. The van der Waals surface area contributed by atoms with Gasteiger partial charge in [0.15, 0.2) is 5.65 Å². The first-order chi connectivity index (χ1) is 8.08. The average molecular weight is 297 g/mol. The largest absolute Gasteiger partial charge is 0.360 e. The highest BCUT2D eigenvalue weighted by Crippen LogP contribution is 2.17. The molecule has 0 bridgehead atoms. The standard InChI is InChI=1S/C12H17BrN4/c1-9-6-11-14-8-15-17(11)12(7-9)16(3)5-4-10(2)13/h6-8,10H,4-5H2,1-3H3. The summed E-state index contributed by atoms with van der Waals surface area (Å²) in [5, 5.41) is 4.26. The Morgan fingerprint density at radius 3 is 2.94 bits per heavy atom. The number of hydrogen-bond acceptors (Lipinski definition) is 3. The molecule has 0 aliphatic carbocycles. The summed E-state index contributed by atoms with van der Waals surface area (Å²) in [6.45, 7) is 5.24. The van der Waals surface area contributed by atoms with E-state index in [1.54, 1.807) is 6.33 Å². The highest BCUT2D eigenvalue weighted by Gasteiger charge is 2.09. The molecule has 0 saturated heterocycles. The maximum Gasteiger partial charge on any atom is 0.157 e. The summed E-state index contributed by atoms with van der Waals surface area (Å²) < 4.78 is 1.88. The third kappa shape index (κ3) is 2.77. The number of alkyl halides is 1. The van der Waals surface area contributed by atoms with E-state index in [1.165, 1.54) is 5.56 Å². The van der Waals surface area contributed by atoms with Crippen LogP contribution in [0.3, 0.4) is 0 Å². The number of pyridine rings is 1. The highest BCUT2D eigenvalue weighted by molar-refractivity contribution is 9.09. The fourth-order valence-electron chi connectivity index (χ4n) is 1.79. The Bertz CT molecular complexity index is 506. The smallest absolute Gasteiger partial charge is 0.157 e. The van der Waals surface area contributed by atoms with Gasteiger partial charge in [0, 0.05) is 18.4 Å². The van der Waals surface area contributed by atoms with E-state index < -0.39 is 0 Å². The first kappa shape index (κ1) is 12.4. The van der Waals surface area contributed by atoms with Gasteiger partial charge in [0.1, 0.15) is 12.1 Å². The monoisotopic (exact) mass is 296 g/mol. The van der Waals surface area contributed by atoms with E-state index in [-0.39, 0.29) is 0 Å². The predicted octanol–water partition coefficient (Wildman–Crippen LogP) is 2.65. The second-order valence-electron chi connectivity index (χ2n) is 4.41. The van der Waals surface area contributed by atoms with Crippen LogP contribution in [0.4, 0.5) is 5.82 Å². The van der Waals surface area contributed by atoms with Crippen LogP contribution >= 0.6 is 15.9 Å². The molecule has 92 valence electrons. The molecule has 2 heterocycles. The van der Waals surface area contributed by atoms with E-state index in [2.05, 4.69) is 57.9 Å². The van der Waals surface area contributed by atoms with Crippen molar-refractivity contribution in [2.24, 2.45) is 0 Å². The van der Waals surface area contributed by atoms with Crippen molar-refractivity contribution in [3.05, 3.63) is 24.0 Å². The summed E-state index contributed by atoms with van der Waals surface area (Å²) in [6.07, 6.45) is 2.69. The molecule has 17 heavy (non-hydrogen) atoms. The molecule has 0 radical (unpaired) electrons. The molecule has 0 fully saturated rings. The van der Waals surface area contributed by atoms with Gasteiger partial charge in [-0.3, -0.25) is 0 Å². The van der Waals surface area contributed by atoms with Crippen molar-refractivity contribution in [2.45, 2.75) is 25.1 Å². The summed E-state index contributed by atoms with van der Waals surface area (Å²) in [6, 6.07) is 4.18. The first-order valence-corrected chi connectivity index (χ1v) is 6.65. The normalized spacial score (nSPS) is 12.9. The number of halogens is 1. The van der Waals surface area contributed by atoms with Gasteiger partial charge in [-0.25, -0.2) is 4.98 Å². The SMILES string of the molecule is Cc1cc(N(C)CCC(C)Br)n2ncnc2c1. The molecule has 0 amide bonds. The van der Waals surface area contributed by atoms with Gasteiger partial charge in [-0.1, -0.05) is 22.9 Å². The molecule has 0 spiro atoms. The zero-order valence-electron chi connectivity index (χ0n) is 10.4. The minimum atomic E-state index is 0.529. The predicted molar refractivity (Wildman–Crippen MR) is 74.0 cm³/mol. The van der Waals surface area contributed by atoms with E-state index in [0.717, 1.165) is 24.4 Å². The van der Waals surface area contributed by atoms with Crippen molar-refractivity contribution >= 4 is 27.4 Å². The topological polar surface area (TPSA) is 33.4 Å². The maximum atomic E-state index is 4.26. The Morgan fingerprint density at radius 2 is 2.24 bits per heavy atom. The van der Waals surface area contributed by atoms with Crippen molar-refractivity contribution in [2.75, 3.05) is 18.5 Å². The van der Waals surface area contributed by atoms with Crippen molar-refractivity contribution in [1.82, 2.24) is 14.6 Å². The van der Waals surface area contributed by atoms with Crippen LogP contribution in [-0.2, 0) is 0 Å². The third-order valence-corrected chi connectivity index (χ3v) is 3.22. The number of hydrogen-bond donors (Lipinski definition) is 0. The van der Waals surface area contributed by atoms with Crippen LogP contribution in [-0.4, -0.2) is 33.0 Å². The second-order valence-corrected chi connectivity index (χ2v) is 5.98. The minimum absolute atomic E-state index is 0.529. The Balaban J connectivity index is 2.30. The van der Waals surface area contributed by atoms with Gasteiger partial charge < -0.3 is 4.90 Å². The number of fused-ring (bicyclic) bond motifs is 1. The molecule has 0 aromatic carbocycles. The molecule has 0 saturated carbocycles. The van der Waals surface area contributed by atoms with Crippen LogP contribution in [0.1, 0.15) is 18.9 Å². The van der Waals surface area contributed by atoms with Crippen LogP contribution in [0.5, 0.6) is 0 Å². The van der Waals surface area contributed by atoms with Gasteiger partial charge in [0.05, 0.1) is 0 Å². The van der Waals surface area contributed by atoms with Crippen molar-refractivity contribution in [3.63, 3.8) is 0 Å². The van der Waals surface area contributed by atoms with Gasteiger partial charge in [-0.05, 0) is 31.0 Å². The summed E-state index contributed by atoms with van der Waals surface area (Å²) in [4.78, 5) is 6.98. The van der Waals surface area contributed by atoms with Crippen LogP contribution in [0.15, 0.2) is 18.5 Å². The average Bonchev–Trinajstić information content (AvgIpc) is 2.72. The third-order valence-electron chi connectivity index (χ3n) is 2.76. The number of aromatic nitrogens is 3. The summed E-state index contributed by atoms with van der Waals surface area (Å²) in [5.74, 6) is 1.09. The molecule has 1 atom stereocenters. The lowest BCUT2D eigenvalue weighted by molar-refractivity contribution is 0.762. The lowest BCUT2D eigenvalue weighted by Gasteiger charge is -2.20. The zero-order valence-corrected chi connectivity index (χ0v) is 12.0. The summed E-state index contributed by atoms with van der Waals surface area (Å²) in [5.41, 5.74) is 2.11. The molecular weight excluding hydrogens is 280 g/mol. The Morgan fingerprint density at radius 1 is 1.47 bits per heavy atom. The zero-order chi connectivity index (χ0) is 12.4. The van der Waals surface area contributed by atoms with E-state index in [4.69, 9.17) is 0 Å². The van der Waals surface area contributed by atoms with Crippen molar-refractivity contribution in [1.29, 1.82) is 0 Å². The minimum Gasteiger partial charge on any atom is -0.360 e. The van der Waals surface area contributed by atoms with Crippen molar-refractivity contribution < 1.29 is 0 Å². The van der Waals surface area contributed by atoms with Gasteiger partial charge in [-0.2, -0.15) is 9.61 Å². The quantitative estimate of drug-likeness (QED) is 0.814.